The van der Waals surface area contributed by atoms with Gasteiger partial charge >= 0.3 is 0 Å². The number of halogens is 2. The number of hydrogen-bond donors (Lipinski definition) is 0. The zero-order valence-electron chi connectivity index (χ0n) is 15.4. The predicted octanol–water partition coefficient (Wildman–Crippen LogP) is 5.74. The molecule has 146 valence electrons. The topological polar surface area (TPSA) is 46.3 Å². The van der Waals surface area contributed by atoms with Crippen molar-refractivity contribution in [3.63, 3.8) is 0 Å². The fraction of sp³-hybridized carbons (Fsp3) is 0.450. The number of nitrogens with zero attached hydrogens (tertiary/aromatic N) is 5. The van der Waals surface area contributed by atoms with Crippen molar-refractivity contribution in [3.8, 4) is 0 Å². The number of hydrogen-bond acceptors (Lipinski definition) is 5. The molecule has 1 saturated carbocycles. The zero-order chi connectivity index (χ0) is 19.1. The molecule has 28 heavy (non-hydrogen) atoms. The van der Waals surface area contributed by atoms with Gasteiger partial charge in [0.2, 0.25) is 5.95 Å². The summed E-state index contributed by atoms with van der Waals surface area (Å²) in [6.07, 6.45) is 11.7. The molecule has 0 atom stereocenters. The van der Waals surface area contributed by atoms with Crippen molar-refractivity contribution in [1.29, 1.82) is 0 Å². The van der Waals surface area contributed by atoms with Crippen LogP contribution in [-0.4, -0.2) is 32.7 Å². The lowest BCUT2D eigenvalue weighted by atomic mass is 9.77. The van der Waals surface area contributed by atoms with Gasteiger partial charge in [-0.05, 0) is 43.2 Å². The third-order valence-corrected chi connectivity index (χ3v) is 8.19. The average Bonchev–Trinajstić information content (AvgIpc) is 3.37. The molecule has 0 radical (unpaired) electrons. The van der Waals surface area contributed by atoms with Crippen LogP contribution < -0.4 is 4.90 Å². The van der Waals surface area contributed by atoms with Crippen molar-refractivity contribution in [2.24, 2.45) is 5.41 Å². The van der Waals surface area contributed by atoms with Crippen LogP contribution in [0.2, 0.25) is 10.0 Å². The van der Waals surface area contributed by atoms with E-state index >= 15 is 0 Å². The van der Waals surface area contributed by atoms with Crippen LogP contribution in [0, 0.1) is 5.41 Å². The van der Waals surface area contributed by atoms with Crippen LogP contribution >= 0.6 is 35.0 Å². The first-order chi connectivity index (χ1) is 13.7. The molecule has 0 amide bonds. The minimum Gasteiger partial charge on any atom is -0.342 e. The van der Waals surface area contributed by atoms with Crippen LogP contribution in [0.1, 0.15) is 38.5 Å². The fourth-order valence-electron chi connectivity index (χ4n) is 4.58. The third-order valence-electron chi connectivity index (χ3n) is 6.19. The molecule has 3 heterocycles. The number of benzene rings is 1. The summed E-state index contributed by atoms with van der Waals surface area (Å²) >= 11 is 14.0. The summed E-state index contributed by atoms with van der Waals surface area (Å²) in [5, 5.41) is 9.58. The normalized spacial score (nSPS) is 19.0. The van der Waals surface area contributed by atoms with Crippen LogP contribution in [0.4, 0.5) is 5.95 Å². The molecule has 0 bridgehead atoms. The molecule has 1 aliphatic carbocycles. The minimum atomic E-state index is 0.544. The SMILES string of the molecule is Clc1cccc(Sc2cnc(N3CCC4(CCCC4)CC3)n3cnnc23)c1Cl. The molecule has 5 nitrogen and oxygen atoms in total. The van der Waals surface area contributed by atoms with E-state index in [1.807, 2.05) is 22.7 Å². The summed E-state index contributed by atoms with van der Waals surface area (Å²) in [6, 6.07) is 5.63. The summed E-state index contributed by atoms with van der Waals surface area (Å²) in [4.78, 5) is 8.95. The van der Waals surface area contributed by atoms with Gasteiger partial charge in [0, 0.05) is 24.2 Å². The lowest BCUT2D eigenvalue weighted by Gasteiger charge is -2.39. The fourth-order valence-corrected chi connectivity index (χ4v) is 5.97. The first-order valence-corrected chi connectivity index (χ1v) is 11.3. The highest BCUT2D eigenvalue weighted by atomic mass is 35.5. The molecule has 1 aromatic carbocycles. The first-order valence-electron chi connectivity index (χ1n) is 9.71. The van der Waals surface area contributed by atoms with Crippen molar-refractivity contribution < 1.29 is 0 Å². The number of rotatable bonds is 3. The van der Waals surface area contributed by atoms with Gasteiger partial charge in [-0.2, -0.15) is 0 Å². The van der Waals surface area contributed by atoms with Gasteiger partial charge in [0.15, 0.2) is 5.65 Å². The maximum atomic E-state index is 6.36. The quantitative estimate of drug-likeness (QED) is 0.526. The Morgan fingerprint density at radius 3 is 2.57 bits per heavy atom. The van der Waals surface area contributed by atoms with E-state index < -0.39 is 0 Å². The van der Waals surface area contributed by atoms with Crippen molar-refractivity contribution in [3.05, 3.63) is 40.8 Å². The van der Waals surface area contributed by atoms with Crippen molar-refractivity contribution >= 4 is 46.6 Å². The molecule has 1 spiro atoms. The average molecular weight is 434 g/mol. The number of fused-ring (bicyclic) bond motifs is 1. The Bertz CT molecular complexity index is 1000. The molecular weight excluding hydrogens is 413 g/mol. The van der Waals surface area contributed by atoms with E-state index in [0.29, 0.717) is 15.5 Å². The van der Waals surface area contributed by atoms with Crippen molar-refractivity contribution in [1.82, 2.24) is 19.6 Å². The summed E-state index contributed by atoms with van der Waals surface area (Å²) in [7, 11) is 0. The Morgan fingerprint density at radius 1 is 1.00 bits per heavy atom. The van der Waals surface area contributed by atoms with Crippen LogP contribution in [0.15, 0.2) is 40.5 Å². The molecule has 2 fully saturated rings. The highest BCUT2D eigenvalue weighted by Gasteiger charge is 2.37. The van der Waals surface area contributed by atoms with Crippen LogP contribution in [0.5, 0.6) is 0 Å². The summed E-state index contributed by atoms with van der Waals surface area (Å²) < 4.78 is 1.99. The summed E-state index contributed by atoms with van der Waals surface area (Å²) in [5.41, 5.74) is 1.38. The monoisotopic (exact) mass is 433 g/mol. The van der Waals surface area contributed by atoms with Crippen LogP contribution in [0.3, 0.4) is 0 Å². The van der Waals surface area contributed by atoms with Crippen molar-refractivity contribution in [2.75, 3.05) is 18.0 Å². The highest BCUT2D eigenvalue weighted by Crippen LogP contribution is 2.46. The molecule has 1 saturated heterocycles. The Labute approximate surface area is 178 Å². The van der Waals surface area contributed by atoms with E-state index in [1.165, 1.54) is 50.3 Å². The Kier molecular flexibility index (Phi) is 4.89. The molecule has 1 aliphatic heterocycles. The van der Waals surface area contributed by atoms with Gasteiger partial charge in [-0.1, -0.05) is 53.9 Å². The summed E-state index contributed by atoms with van der Waals surface area (Å²) in [6.45, 7) is 2.10. The lowest BCUT2D eigenvalue weighted by molar-refractivity contribution is 0.225. The molecule has 5 rings (SSSR count). The van der Waals surface area contributed by atoms with Gasteiger partial charge in [0.25, 0.3) is 0 Å². The number of anilines is 1. The largest absolute Gasteiger partial charge is 0.342 e. The van der Waals surface area contributed by atoms with Crippen LogP contribution in [-0.2, 0) is 0 Å². The highest BCUT2D eigenvalue weighted by molar-refractivity contribution is 7.99. The zero-order valence-corrected chi connectivity index (χ0v) is 17.8. The predicted molar refractivity (Wildman–Crippen MR) is 114 cm³/mol. The molecule has 0 unspecified atom stereocenters. The second-order valence-corrected chi connectivity index (χ2v) is 9.66. The van der Waals surface area contributed by atoms with Gasteiger partial charge in [-0.15, -0.1) is 10.2 Å². The van der Waals surface area contributed by atoms with Gasteiger partial charge in [-0.3, -0.25) is 0 Å². The first kappa shape index (κ1) is 18.5. The van der Waals surface area contributed by atoms with Gasteiger partial charge < -0.3 is 4.90 Å². The van der Waals surface area contributed by atoms with E-state index in [0.717, 1.165) is 34.5 Å². The molecule has 8 heteroatoms. The Morgan fingerprint density at radius 2 is 1.79 bits per heavy atom. The molecule has 2 aliphatic rings. The lowest BCUT2D eigenvalue weighted by Crippen LogP contribution is -2.40. The minimum absolute atomic E-state index is 0.544. The number of aromatic nitrogens is 4. The number of piperidine rings is 1. The summed E-state index contributed by atoms with van der Waals surface area (Å²) in [5.74, 6) is 0.925. The van der Waals surface area contributed by atoms with E-state index in [4.69, 9.17) is 28.2 Å². The van der Waals surface area contributed by atoms with E-state index in [-0.39, 0.29) is 0 Å². The molecule has 3 aromatic rings. The van der Waals surface area contributed by atoms with Crippen LogP contribution in [0.25, 0.3) is 5.65 Å². The second-order valence-electron chi connectivity index (χ2n) is 7.80. The molecule has 2 aromatic heterocycles. The maximum absolute atomic E-state index is 6.36. The Hall–Kier alpha value is -1.50. The standard InChI is InChI=1S/C20H21Cl2N5S/c21-14-4-3-5-15(17(14)22)28-16-12-23-19(27-13-24-25-18(16)27)26-10-8-20(9-11-26)6-1-2-7-20/h3-5,12-13H,1-2,6-11H2. The van der Waals surface area contributed by atoms with Crippen molar-refractivity contribution in [2.45, 2.75) is 48.3 Å². The van der Waals surface area contributed by atoms with E-state index in [1.54, 1.807) is 12.4 Å². The maximum Gasteiger partial charge on any atom is 0.212 e. The molecular formula is C20H21Cl2N5S. The second kappa shape index (κ2) is 7.39. The Balaban J connectivity index is 1.43. The van der Waals surface area contributed by atoms with Gasteiger partial charge in [0.05, 0.1) is 14.9 Å². The smallest absolute Gasteiger partial charge is 0.212 e. The third kappa shape index (κ3) is 3.25. The molecule has 0 N–H and O–H groups in total. The van der Waals surface area contributed by atoms with E-state index in [9.17, 15) is 0 Å². The van der Waals surface area contributed by atoms with E-state index in [2.05, 4.69) is 15.1 Å². The van der Waals surface area contributed by atoms with Gasteiger partial charge in [0.1, 0.15) is 6.33 Å². The van der Waals surface area contributed by atoms with Gasteiger partial charge in [-0.25, -0.2) is 9.38 Å².